The van der Waals surface area contributed by atoms with Crippen molar-refractivity contribution in [2.24, 2.45) is 0 Å². The van der Waals surface area contributed by atoms with Gasteiger partial charge in [-0.15, -0.1) is 0 Å². The standard InChI is InChI=1S/C15H9ClO3/c16-14-12(17)7-6-10-11(8-13(18)19-15(10)14)9-4-2-1-3-5-9/h1-8,17H. The third-order valence-electron chi connectivity index (χ3n) is 2.92. The average molecular weight is 273 g/mol. The van der Waals surface area contributed by atoms with Crippen LogP contribution in [0.25, 0.3) is 22.1 Å². The van der Waals surface area contributed by atoms with Crippen LogP contribution in [0.15, 0.2) is 57.7 Å². The van der Waals surface area contributed by atoms with Gasteiger partial charge in [0.2, 0.25) is 0 Å². The molecule has 0 spiro atoms. The van der Waals surface area contributed by atoms with Crippen molar-refractivity contribution in [2.45, 2.75) is 0 Å². The van der Waals surface area contributed by atoms with Crippen LogP contribution in [0.2, 0.25) is 5.02 Å². The molecule has 2 aromatic carbocycles. The number of phenolic OH excluding ortho intramolecular Hbond substituents is 1. The molecule has 0 saturated carbocycles. The first kappa shape index (κ1) is 11.8. The van der Waals surface area contributed by atoms with E-state index >= 15 is 0 Å². The van der Waals surface area contributed by atoms with Gasteiger partial charge in [-0.2, -0.15) is 0 Å². The van der Waals surface area contributed by atoms with Crippen molar-refractivity contribution >= 4 is 22.6 Å². The second kappa shape index (κ2) is 4.44. The summed E-state index contributed by atoms with van der Waals surface area (Å²) in [5.41, 5.74) is 1.32. The Kier molecular flexibility index (Phi) is 2.76. The Hall–Kier alpha value is -2.26. The van der Waals surface area contributed by atoms with E-state index in [1.807, 2.05) is 30.3 Å². The highest BCUT2D eigenvalue weighted by Gasteiger charge is 2.12. The third kappa shape index (κ3) is 1.98. The van der Waals surface area contributed by atoms with Crippen LogP contribution in [0.3, 0.4) is 0 Å². The zero-order chi connectivity index (χ0) is 13.4. The van der Waals surface area contributed by atoms with Crippen molar-refractivity contribution in [3.05, 3.63) is 64.0 Å². The molecule has 3 rings (SSSR count). The molecular weight excluding hydrogens is 264 g/mol. The highest BCUT2D eigenvalue weighted by molar-refractivity contribution is 6.36. The molecule has 0 saturated heterocycles. The van der Waals surface area contributed by atoms with E-state index in [1.54, 1.807) is 6.07 Å². The van der Waals surface area contributed by atoms with E-state index in [0.717, 1.165) is 11.1 Å². The molecule has 3 aromatic rings. The second-order valence-corrected chi connectivity index (χ2v) is 4.50. The summed E-state index contributed by atoms with van der Waals surface area (Å²) < 4.78 is 5.09. The summed E-state index contributed by atoms with van der Waals surface area (Å²) in [5.74, 6) is -0.109. The maximum atomic E-state index is 11.6. The van der Waals surface area contributed by atoms with E-state index in [-0.39, 0.29) is 16.4 Å². The number of fused-ring (bicyclic) bond motifs is 1. The lowest BCUT2D eigenvalue weighted by atomic mass is 10.0. The number of halogens is 1. The van der Waals surface area contributed by atoms with E-state index in [9.17, 15) is 9.90 Å². The summed E-state index contributed by atoms with van der Waals surface area (Å²) >= 11 is 5.97. The molecule has 0 aliphatic carbocycles. The molecule has 0 fully saturated rings. The van der Waals surface area contributed by atoms with E-state index in [4.69, 9.17) is 16.0 Å². The maximum absolute atomic E-state index is 11.6. The second-order valence-electron chi connectivity index (χ2n) is 4.12. The van der Waals surface area contributed by atoms with Crippen LogP contribution >= 0.6 is 11.6 Å². The number of phenols is 1. The van der Waals surface area contributed by atoms with E-state index in [2.05, 4.69) is 0 Å². The molecule has 94 valence electrons. The van der Waals surface area contributed by atoms with Crippen LogP contribution in [-0.4, -0.2) is 5.11 Å². The fourth-order valence-electron chi connectivity index (χ4n) is 2.04. The highest BCUT2D eigenvalue weighted by Crippen LogP contribution is 2.35. The number of hydrogen-bond acceptors (Lipinski definition) is 3. The van der Waals surface area contributed by atoms with Gasteiger partial charge in [-0.05, 0) is 23.3 Å². The molecular formula is C15H9ClO3. The van der Waals surface area contributed by atoms with Gasteiger partial charge in [0.1, 0.15) is 10.8 Å². The first-order valence-electron chi connectivity index (χ1n) is 5.67. The Balaban J connectivity index is 2.44. The van der Waals surface area contributed by atoms with Crippen LogP contribution in [0, 0.1) is 0 Å². The monoisotopic (exact) mass is 272 g/mol. The minimum atomic E-state index is -0.501. The van der Waals surface area contributed by atoms with Crippen molar-refractivity contribution in [1.82, 2.24) is 0 Å². The first-order valence-corrected chi connectivity index (χ1v) is 6.05. The Bertz CT molecular complexity index is 807. The lowest BCUT2D eigenvalue weighted by Gasteiger charge is -2.07. The van der Waals surface area contributed by atoms with Gasteiger partial charge < -0.3 is 9.52 Å². The minimum Gasteiger partial charge on any atom is -0.506 e. The normalized spacial score (nSPS) is 10.8. The zero-order valence-electron chi connectivity index (χ0n) is 9.76. The van der Waals surface area contributed by atoms with Gasteiger partial charge in [-0.3, -0.25) is 0 Å². The fourth-order valence-corrected chi connectivity index (χ4v) is 2.24. The van der Waals surface area contributed by atoms with Gasteiger partial charge in [0, 0.05) is 11.5 Å². The summed E-state index contributed by atoms with van der Waals surface area (Å²) in [5, 5.41) is 10.3. The highest BCUT2D eigenvalue weighted by atomic mass is 35.5. The quantitative estimate of drug-likeness (QED) is 0.685. The predicted octanol–water partition coefficient (Wildman–Crippen LogP) is 3.82. The van der Waals surface area contributed by atoms with Gasteiger partial charge in [0.15, 0.2) is 5.58 Å². The van der Waals surface area contributed by atoms with Crippen molar-refractivity contribution in [3.8, 4) is 16.9 Å². The van der Waals surface area contributed by atoms with Gasteiger partial charge >= 0.3 is 5.63 Å². The summed E-state index contributed by atoms with van der Waals surface area (Å²) in [4.78, 5) is 11.6. The molecule has 0 atom stereocenters. The number of rotatable bonds is 1. The van der Waals surface area contributed by atoms with Crippen molar-refractivity contribution in [3.63, 3.8) is 0 Å². The Morgan fingerprint density at radius 2 is 1.79 bits per heavy atom. The molecule has 0 radical (unpaired) electrons. The molecule has 1 aromatic heterocycles. The topological polar surface area (TPSA) is 50.4 Å². The molecule has 3 nitrogen and oxygen atoms in total. The van der Waals surface area contributed by atoms with Gasteiger partial charge in [0.05, 0.1) is 0 Å². The van der Waals surface area contributed by atoms with Crippen LogP contribution in [0.1, 0.15) is 0 Å². The SMILES string of the molecule is O=c1cc(-c2ccccc2)c2ccc(O)c(Cl)c2o1. The lowest BCUT2D eigenvalue weighted by Crippen LogP contribution is -1.98. The van der Waals surface area contributed by atoms with Crippen LogP contribution < -0.4 is 5.63 Å². The van der Waals surface area contributed by atoms with Crippen molar-refractivity contribution in [1.29, 1.82) is 0 Å². The van der Waals surface area contributed by atoms with E-state index in [0.29, 0.717) is 5.39 Å². The summed E-state index contributed by atoms with van der Waals surface area (Å²) in [6.07, 6.45) is 0. The van der Waals surface area contributed by atoms with Crippen LogP contribution in [0.4, 0.5) is 0 Å². The fraction of sp³-hybridized carbons (Fsp3) is 0. The molecule has 0 aliphatic heterocycles. The number of benzene rings is 2. The molecule has 0 amide bonds. The third-order valence-corrected chi connectivity index (χ3v) is 3.28. The molecule has 0 unspecified atom stereocenters. The summed E-state index contributed by atoms with van der Waals surface area (Å²) in [7, 11) is 0. The summed E-state index contributed by atoms with van der Waals surface area (Å²) in [6, 6.07) is 14.1. The van der Waals surface area contributed by atoms with Crippen molar-refractivity contribution < 1.29 is 9.52 Å². The van der Waals surface area contributed by atoms with Crippen molar-refractivity contribution in [2.75, 3.05) is 0 Å². The lowest BCUT2D eigenvalue weighted by molar-refractivity contribution is 0.473. The van der Waals surface area contributed by atoms with Crippen LogP contribution in [-0.2, 0) is 0 Å². The molecule has 0 bridgehead atoms. The molecule has 1 heterocycles. The average Bonchev–Trinajstić information content (AvgIpc) is 2.44. The van der Waals surface area contributed by atoms with Gasteiger partial charge in [-0.1, -0.05) is 41.9 Å². The molecule has 0 aliphatic rings. The maximum Gasteiger partial charge on any atom is 0.336 e. The smallest absolute Gasteiger partial charge is 0.336 e. The summed E-state index contributed by atoms with van der Waals surface area (Å²) in [6.45, 7) is 0. The van der Waals surface area contributed by atoms with Crippen LogP contribution in [0.5, 0.6) is 5.75 Å². The Morgan fingerprint density at radius 3 is 2.53 bits per heavy atom. The first-order chi connectivity index (χ1) is 9.16. The molecule has 19 heavy (non-hydrogen) atoms. The Morgan fingerprint density at radius 1 is 1.05 bits per heavy atom. The Labute approximate surface area is 113 Å². The van der Waals surface area contributed by atoms with E-state index < -0.39 is 5.63 Å². The number of hydrogen-bond donors (Lipinski definition) is 1. The minimum absolute atomic E-state index is 0.0485. The predicted molar refractivity (Wildman–Crippen MR) is 74.6 cm³/mol. The van der Waals surface area contributed by atoms with Gasteiger partial charge in [0.25, 0.3) is 0 Å². The number of aromatic hydroxyl groups is 1. The largest absolute Gasteiger partial charge is 0.506 e. The molecule has 4 heteroatoms. The van der Waals surface area contributed by atoms with E-state index in [1.165, 1.54) is 12.1 Å². The van der Waals surface area contributed by atoms with Gasteiger partial charge in [-0.25, -0.2) is 4.79 Å². The molecule has 1 N–H and O–H groups in total. The zero-order valence-corrected chi connectivity index (χ0v) is 10.5.